The minimum Gasteiger partial charge on any atom is -0.481 e. The van der Waals surface area contributed by atoms with E-state index < -0.39 is 60.2 Å². The Morgan fingerprint density at radius 2 is 1.74 bits per heavy atom. The molecule has 0 aromatic rings. The van der Waals surface area contributed by atoms with Crippen molar-refractivity contribution in [2.45, 2.75) is 70.1 Å². The molecule has 14 nitrogen and oxygen atoms in total. The zero-order chi connectivity index (χ0) is 26.0. The summed E-state index contributed by atoms with van der Waals surface area (Å²) in [6.45, 7) is 3.95. The number of nitrogens with zero attached hydrogens (tertiary/aromatic N) is 2. The molecule has 0 saturated carbocycles. The lowest BCUT2D eigenvalue weighted by Crippen LogP contribution is -2.57. The molecule has 192 valence electrons. The lowest BCUT2D eigenvalue weighted by atomic mass is 10.0. The SMILES string of the molecule is CC(C)[C@H](N)C(=O)N[C@@H](CCCN=C(N)N)C(=O)N1CCC[C@H]1C(=O)N[C@@H](CC(=O)O)C(=O)O. The Morgan fingerprint density at radius 1 is 1.09 bits per heavy atom. The van der Waals surface area contributed by atoms with E-state index in [-0.39, 0.29) is 37.8 Å². The molecule has 0 unspecified atom stereocenters. The van der Waals surface area contributed by atoms with E-state index in [0.29, 0.717) is 12.8 Å². The number of guanidine groups is 1. The van der Waals surface area contributed by atoms with E-state index in [1.807, 2.05) is 0 Å². The molecule has 34 heavy (non-hydrogen) atoms. The van der Waals surface area contributed by atoms with Crippen LogP contribution in [0.25, 0.3) is 0 Å². The lowest BCUT2D eigenvalue weighted by molar-refractivity contribution is -0.148. The third-order valence-electron chi connectivity index (χ3n) is 5.41. The first-order valence-corrected chi connectivity index (χ1v) is 11.0. The molecular formula is C20H35N7O7. The van der Waals surface area contributed by atoms with Gasteiger partial charge < -0.3 is 42.9 Å². The van der Waals surface area contributed by atoms with Crippen molar-refractivity contribution in [3.05, 3.63) is 0 Å². The van der Waals surface area contributed by atoms with Crippen LogP contribution in [0.4, 0.5) is 0 Å². The maximum atomic E-state index is 13.3. The molecule has 10 N–H and O–H groups in total. The van der Waals surface area contributed by atoms with E-state index in [4.69, 9.17) is 22.3 Å². The fourth-order valence-corrected chi connectivity index (χ4v) is 3.48. The Kier molecular flexibility index (Phi) is 11.2. The predicted molar refractivity (Wildman–Crippen MR) is 121 cm³/mol. The number of carbonyl (C=O) groups is 5. The molecule has 1 rings (SSSR count). The van der Waals surface area contributed by atoms with Crippen molar-refractivity contribution < 1.29 is 34.2 Å². The molecule has 4 atom stereocenters. The first kappa shape index (κ1) is 28.6. The van der Waals surface area contributed by atoms with Crippen LogP contribution in [-0.2, 0) is 24.0 Å². The summed E-state index contributed by atoms with van der Waals surface area (Å²) in [5.74, 6) is -5.01. The van der Waals surface area contributed by atoms with Crippen molar-refractivity contribution in [1.29, 1.82) is 0 Å². The third kappa shape index (κ3) is 8.84. The van der Waals surface area contributed by atoms with Crippen LogP contribution in [0.1, 0.15) is 46.0 Å². The number of hydrogen-bond acceptors (Lipinski definition) is 7. The van der Waals surface area contributed by atoms with Crippen LogP contribution in [0.3, 0.4) is 0 Å². The average Bonchev–Trinajstić information content (AvgIpc) is 3.23. The fraction of sp³-hybridized carbons (Fsp3) is 0.700. The van der Waals surface area contributed by atoms with Gasteiger partial charge in [0.25, 0.3) is 0 Å². The monoisotopic (exact) mass is 485 g/mol. The summed E-state index contributed by atoms with van der Waals surface area (Å²) < 4.78 is 0. The molecule has 14 heteroatoms. The molecule has 0 radical (unpaired) electrons. The minimum absolute atomic E-state index is 0.112. The number of carboxylic acid groups (broad SMARTS) is 2. The predicted octanol–water partition coefficient (Wildman–Crippen LogP) is -2.46. The number of nitrogens with two attached hydrogens (primary N) is 3. The zero-order valence-corrected chi connectivity index (χ0v) is 19.4. The first-order chi connectivity index (χ1) is 15.8. The van der Waals surface area contributed by atoms with Crippen LogP contribution >= 0.6 is 0 Å². The van der Waals surface area contributed by atoms with Crippen molar-refractivity contribution in [2.75, 3.05) is 13.1 Å². The van der Waals surface area contributed by atoms with Crippen molar-refractivity contribution in [2.24, 2.45) is 28.1 Å². The zero-order valence-electron chi connectivity index (χ0n) is 19.4. The Balaban J connectivity index is 3.00. The maximum absolute atomic E-state index is 13.3. The number of carbonyl (C=O) groups excluding carboxylic acids is 3. The second kappa shape index (κ2) is 13.3. The molecule has 1 heterocycles. The molecule has 1 aliphatic rings. The van der Waals surface area contributed by atoms with Crippen LogP contribution in [0.15, 0.2) is 4.99 Å². The van der Waals surface area contributed by atoms with E-state index in [2.05, 4.69) is 15.6 Å². The Morgan fingerprint density at radius 3 is 2.26 bits per heavy atom. The summed E-state index contributed by atoms with van der Waals surface area (Å²) in [4.78, 5) is 65.9. The maximum Gasteiger partial charge on any atom is 0.326 e. The summed E-state index contributed by atoms with van der Waals surface area (Å²) in [6.07, 6.45) is 0.458. The number of carboxylic acids is 2. The van der Waals surface area contributed by atoms with E-state index in [9.17, 15) is 29.1 Å². The number of nitrogens with one attached hydrogen (secondary N) is 2. The van der Waals surface area contributed by atoms with Gasteiger partial charge in [-0.1, -0.05) is 13.8 Å². The summed E-state index contributed by atoms with van der Waals surface area (Å²) in [7, 11) is 0. The standard InChI is InChI=1S/C20H35N7O7/c1-10(2)15(21)17(31)25-11(5-3-7-24-20(22)23)18(32)27-8-4-6-13(27)16(30)26-12(19(33)34)9-14(28)29/h10-13,15H,3-9,21H2,1-2H3,(H,25,31)(H,26,30)(H,28,29)(H,33,34)(H4,22,23,24)/t11-,12-,13-,15-/m0/s1. The van der Waals surface area contributed by atoms with Gasteiger partial charge in [0.2, 0.25) is 17.7 Å². The highest BCUT2D eigenvalue weighted by Gasteiger charge is 2.39. The summed E-state index contributed by atoms with van der Waals surface area (Å²) in [6, 6.07) is -4.49. The van der Waals surface area contributed by atoms with Crippen LogP contribution in [-0.4, -0.2) is 88.0 Å². The number of aliphatic carboxylic acids is 2. The number of hydrogen-bond donors (Lipinski definition) is 7. The highest BCUT2D eigenvalue weighted by atomic mass is 16.4. The van der Waals surface area contributed by atoms with E-state index in [0.717, 1.165) is 0 Å². The number of likely N-dealkylation sites (tertiary alicyclic amines) is 1. The van der Waals surface area contributed by atoms with E-state index in [1.54, 1.807) is 13.8 Å². The van der Waals surface area contributed by atoms with E-state index in [1.165, 1.54) is 4.90 Å². The van der Waals surface area contributed by atoms with Gasteiger partial charge in [-0.2, -0.15) is 0 Å². The van der Waals surface area contributed by atoms with Crippen molar-refractivity contribution >= 4 is 35.6 Å². The highest BCUT2D eigenvalue weighted by molar-refractivity contribution is 5.95. The van der Waals surface area contributed by atoms with E-state index >= 15 is 0 Å². The molecular weight excluding hydrogens is 450 g/mol. The molecule has 0 aromatic heterocycles. The normalized spacial score (nSPS) is 18.0. The van der Waals surface area contributed by atoms with Gasteiger partial charge in [0, 0.05) is 13.1 Å². The molecule has 1 saturated heterocycles. The van der Waals surface area contributed by atoms with Gasteiger partial charge in [0.05, 0.1) is 12.5 Å². The number of aliphatic imine (C=N–C) groups is 1. The summed E-state index contributed by atoms with van der Waals surface area (Å²) in [5, 5.41) is 22.9. The molecule has 1 aliphatic heterocycles. The largest absolute Gasteiger partial charge is 0.481 e. The lowest BCUT2D eigenvalue weighted by Gasteiger charge is -2.30. The van der Waals surface area contributed by atoms with Gasteiger partial charge in [-0.25, -0.2) is 4.79 Å². The van der Waals surface area contributed by atoms with Crippen LogP contribution in [0, 0.1) is 5.92 Å². The second-order valence-electron chi connectivity index (χ2n) is 8.47. The summed E-state index contributed by atoms with van der Waals surface area (Å²) in [5.41, 5.74) is 16.5. The molecule has 0 aliphatic carbocycles. The molecule has 0 bridgehead atoms. The van der Waals surface area contributed by atoms with Gasteiger partial charge in [0.1, 0.15) is 18.1 Å². The van der Waals surface area contributed by atoms with Crippen LogP contribution in [0.2, 0.25) is 0 Å². The fourth-order valence-electron chi connectivity index (χ4n) is 3.48. The van der Waals surface area contributed by atoms with Crippen molar-refractivity contribution in [3.63, 3.8) is 0 Å². The second-order valence-corrected chi connectivity index (χ2v) is 8.47. The molecule has 1 fully saturated rings. The van der Waals surface area contributed by atoms with Gasteiger partial charge >= 0.3 is 11.9 Å². The quantitative estimate of drug-likeness (QED) is 0.0823. The molecule has 3 amide bonds. The summed E-state index contributed by atoms with van der Waals surface area (Å²) >= 11 is 0. The topological polar surface area (TPSA) is 244 Å². The van der Waals surface area contributed by atoms with Crippen LogP contribution < -0.4 is 27.8 Å². The number of rotatable bonds is 13. The first-order valence-electron chi connectivity index (χ1n) is 11.0. The Hall–Kier alpha value is -3.42. The smallest absolute Gasteiger partial charge is 0.326 e. The van der Waals surface area contributed by atoms with Crippen molar-refractivity contribution in [3.8, 4) is 0 Å². The Bertz CT molecular complexity index is 798. The highest BCUT2D eigenvalue weighted by Crippen LogP contribution is 2.20. The van der Waals surface area contributed by atoms with Gasteiger partial charge in [-0.3, -0.25) is 24.2 Å². The van der Waals surface area contributed by atoms with Gasteiger partial charge in [-0.15, -0.1) is 0 Å². The molecule has 0 spiro atoms. The van der Waals surface area contributed by atoms with Crippen LogP contribution in [0.5, 0.6) is 0 Å². The van der Waals surface area contributed by atoms with Gasteiger partial charge in [0.15, 0.2) is 5.96 Å². The average molecular weight is 486 g/mol. The van der Waals surface area contributed by atoms with Crippen molar-refractivity contribution in [1.82, 2.24) is 15.5 Å². The van der Waals surface area contributed by atoms with Gasteiger partial charge in [-0.05, 0) is 31.6 Å². The third-order valence-corrected chi connectivity index (χ3v) is 5.41. The Labute approximate surface area is 197 Å². The molecule has 0 aromatic carbocycles. The minimum atomic E-state index is -1.64. The number of amides is 3.